The van der Waals surface area contributed by atoms with Gasteiger partial charge in [-0.05, 0) is 11.6 Å². The normalized spacial score (nSPS) is 13.5. The molecular formula is C11H18ClN3O2. The first-order chi connectivity index (χ1) is 7.84. The number of rotatable bonds is 4. The second-order valence-electron chi connectivity index (χ2n) is 5.04. The van der Waals surface area contributed by atoms with Gasteiger partial charge < -0.3 is 4.52 Å². The van der Waals surface area contributed by atoms with Crippen LogP contribution in [0.1, 0.15) is 40.0 Å². The minimum atomic E-state index is -0.224. The number of amides is 1. The Labute approximate surface area is 106 Å². The van der Waals surface area contributed by atoms with Gasteiger partial charge in [-0.25, -0.2) is 0 Å². The first-order valence-corrected chi connectivity index (χ1v) is 6.09. The van der Waals surface area contributed by atoms with Crippen molar-refractivity contribution in [2.75, 3.05) is 11.2 Å². The summed E-state index contributed by atoms with van der Waals surface area (Å²) in [5.41, 5.74) is -0.224. The van der Waals surface area contributed by atoms with Gasteiger partial charge in [-0.3, -0.25) is 10.1 Å². The predicted octanol–water partition coefficient (Wildman–Crippen LogP) is 2.57. The van der Waals surface area contributed by atoms with Crippen LogP contribution in [0.25, 0.3) is 0 Å². The number of hydrogen-bond acceptors (Lipinski definition) is 4. The van der Waals surface area contributed by atoms with E-state index in [2.05, 4.69) is 15.5 Å². The summed E-state index contributed by atoms with van der Waals surface area (Å²) in [4.78, 5) is 15.8. The fourth-order valence-electron chi connectivity index (χ4n) is 1.11. The fourth-order valence-corrected chi connectivity index (χ4v) is 1.43. The maximum absolute atomic E-state index is 11.7. The number of carbonyl (C=O) groups excluding carboxylic acids is 1. The molecule has 6 heteroatoms. The summed E-state index contributed by atoms with van der Waals surface area (Å²) < 4.78 is 5.07. The van der Waals surface area contributed by atoms with Gasteiger partial charge >= 0.3 is 0 Å². The van der Waals surface area contributed by atoms with E-state index in [0.717, 1.165) is 0 Å². The molecule has 1 aromatic rings. The van der Waals surface area contributed by atoms with Gasteiger partial charge in [0.05, 0.1) is 0 Å². The third-order valence-electron chi connectivity index (χ3n) is 2.29. The first-order valence-electron chi connectivity index (χ1n) is 5.55. The van der Waals surface area contributed by atoms with Gasteiger partial charge in [0.25, 0.3) is 5.95 Å². The zero-order valence-electron chi connectivity index (χ0n) is 10.6. The van der Waals surface area contributed by atoms with Gasteiger partial charge in [0.2, 0.25) is 11.8 Å². The quantitative estimate of drug-likeness (QED) is 0.844. The fraction of sp³-hybridized carbons (Fsp3) is 0.727. The van der Waals surface area contributed by atoms with Gasteiger partial charge in [-0.15, -0.1) is 11.6 Å². The highest BCUT2D eigenvalue weighted by Crippen LogP contribution is 2.21. The number of nitrogens with zero attached hydrogens (tertiary/aromatic N) is 2. The Morgan fingerprint density at radius 2 is 2.18 bits per heavy atom. The Morgan fingerprint density at radius 3 is 2.65 bits per heavy atom. The summed E-state index contributed by atoms with van der Waals surface area (Å²) in [6, 6.07) is 0. The number of nitrogens with one attached hydrogen (secondary N) is 1. The van der Waals surface area contributed by atoms with E-state index >= 15 is 0 Å². The molecule has 0 aliphatic rings. The second kappa shape index (κ2) is 5.49. The van der Waals surface area contributed by atoms with Gasteiger partial charge in [0.1, 0.15) is 0 Å². The van der Waals surface area contributed by atoms with E-state index in [-0.39, 0.29) is 23.2 Å². The first kappa shape index (κ1) is 14.0. The van der Waals surface area contributed by atoms with Crippen molar-refractivity contribution >= 4 is 23.5 Å². The van der Waals surface area contributed by atoms with Crippen LogP contribution in [0, 0.1) is 5.92 Å². The lowest BCUT2D eigenvalue weighted by Gasteiger charge is -2.10. The van der Waals surface area contributed by atoms with Crippen molar-refractivity contribution in [2.24, 2.45) is 5.92 Å². The van der Waals surface area contributed by atoms with Crippen LogP contribution in [0.2, 0.25) is 0 Å². The molecule has 1 amide bonds. The largest absolute Gasteiger partial charge is 0.337 e. The second-order valence-corrected chi connectivity index (χ2v) is 5.42. The van der Waals surface area contributed by atoms with Gasteiger partial charge in [0.15, 0.2) is 0 Å². The van der Waals surface area contributed by atoms with Crippen LogP contribution in [0.5, 0.6) is 0 Å². The molecule has 0 aromatic carbocycles. The van der Waals surface area contributed by atoms with Crippen LogP contribution in [-0.4, -0.2) is 21.9 Å². The van der Waals surface area contributed by atoms with E-state index in [0.29, 0.717) is 18.2 Å². The highest BCUT2D eigenvalue weighted by atomic mass is 35.5. The maximum atomic E-state index is 11.7. The molecule has 1 unspecified atom stereocenters. The summed E-state index contributed by atoms with van der Waals surface area (Å²) >= 11 is 5.58. The summed E-state index contributed by atoms with van der Waals surface area (Å²) in [5.74, 6) is 0.851. The van der Waals surface area contributed by atoms with Crippen molar-refractivity contribution in [2.45, 2.75) is 39.5 Å². The molecule has 1 heterocycles. The van der Waals surface area contributed by atoms with Crippen molar-refractivity contribution in [3.8, 4) is 0 Å². The molecule has 0 radical (unpaired) electrons. The number of anilines is 1. The summed E-state index contributed by atoms with van der Waals surface area (Å²) in [6.45, 7) is 7.69. The van der Waals surface area contributed by atoms with Crippen LogP contribution in [-0.2, 0) is 10.2 Å². The number of aromatic nitrogens is 2. The Bertz CT molecular complexity index is 384. The SMILES string of the molecule is CC(CCCl)C(=O)Nc1noc(C(C)(C)C)n1. The average Bonchev–Trinajstić information content (AvgIpc) is 2.66. The van der Waals surface area contributed by atoms with Crippen LogP contribution in [0.3, 0.4) is 0 Å². The summed E-state index contributed by atoms with van der Waals surface area (Å²) in [7, 11) is 0. The smallest absolute Gasteiger partial charge is 0.270 e. The van der Waals surface area contributed by atoms with Crippen LogP contribution in [0.15, 0.2) is 4.52 Å². The molecule has 5 nitrogen and oxygen atoms in total. The molecule has 17 heavy (non-hydrogen) atoms. The summed E-state index contributed by atoms with van der Waals surface area (Å²) in [5, 5.41) is 6.32. The molecule has 0 bridgehead atoms. The van der Waals surface area contributed by atoms with E-state index in [9.17, 15) is 4.79 Å². The monoisotopic (exact) mass is 259 g/mol. The molecular weight excluding hydrogens is 242 g/mol. The molecule has 0 aliphatic heterocycles. The molecule has 0 saturated heterocycles. The van der Waals surface area contributed by atoms with Crippen LogP contribution < -0.4 is 5.32 Å². The molecule has 1 N–H and O–H groups in total. The van der Waals surface area contributed by atoms with Crippen molar-refractivity contribution in [3.05, 3.63) is 5.89 Å². The van der Waals surface area contributed by atoms with Gasteiger partial charge in [-0.2, -0.15) is 4.98 Å². The Hall–Kier alpha value is -1.10. The highest BCUT2D eigenvalue weighted by molar-refractivity contribution is 6.18. The van der Waals surface area contributed by atoms with E-state index in [1.54, 1.807) is 0 Å². The van der Waals surface area contributed by atoms with Crippen molar-refractivity contribution in [1.82, 2.24) is 10.1 Å². The van der Waals surface area contributed by atoms with Gasteiger partial charge in [-0.1, -0.05) is 27.7 Å². The third kappa shape index (κ3) is 4.00. The Balaban J connectivity index is 2.64. The van der Waals surface area contributed by atoms with Gasteiger partial charge in [0, 0.05) is 17.2 Å². The molecule has 1 atom stereocenters. The molecule has 1 aromatic heterocycles. The minimum Gasteiger partial charge on any atom is -0.337 e. The molecule has 1 rings (SSSR count). The number of alkyl halides is 1. The molecule has 0 saturated carbocycles. The maximum Gasteiger partial charge on any atom is 0.270 e. The van der Waals surface area contributed by atoms with Crippen molar-refractivity contribution in [1.29, 1.82) is 0 Å². The topological polar surface area (TPSA) is 68.0 Å². The number of hydrogen-bond donors (Lipinski definition) is 1. The van der Waals surface area contributed by atoms with E-state index in [1.807, 2.05) is 27.7 Å². The zero-order valence-corrected chi connectivity index (χ0v) is 11.3. The van der Waals surface area contributed by atoms with Crippen molar-refractivity contribution < 1.29 is 9.32 Å². The third-order valence-corrected chi connectivity index (χ3v) is 2.51. The lowest BCUT2D eigenvalue weighted by molar-refractivity contribution is -0.119. The van der Waals surface area contributed by atoms with Crippen LogP contribution in [0.4, 0.5) is 5.95 Å². The zero-order chi connectivity index (χ0) is 13.1. The average molecular weight is 260 g/mol. The molecule has 0 aliphatic carbocycles. The van der Waals surface area contributed by atoms with Crippen molar-refractivity contribution in [3.63, 3.8) is 0 Å². The van der Waals surface area contributed by atoms with E-state index in [1.165, 1.54) is 0 Å². The number of carbonyl (C=O) groups is 1. The lowest BCUT2D eigenvalue weighted by Crippen LogP contribution is -2.21. The number of halogens is 1. The lowest BCUT2D eigenvalue weighted by atomic mass is 9.97. The standard InChI is InChI=1S/C11H18ClN3O2/c1-7(5-6-12)8(16)13-10-14-9(17-15-10)11(2,3)4/h7H,5-6H2,1-4H3,(H,13,15,16). The van der Waals surface area contributed by atoms with Crippen LogP contribution >= 0.6 is 11.6 Å². The predicted molar refractivity (Wildman–Crippen MR) is 66.1 cm³/mol. The van der Waals surface area contributed by atoms with E-state index in [4.69, 9.17) is 16.1 Å². The Morgan fingerprint density at radius 1 is 1.53 bits per heavy atom. The highest BCUT2D eigenvalue weighted by Gasteiger charge is 2.23. The van der Waals surface area contributed by atoms with E-state index < -0.39 is 0 Å². The molecule has 0 spiro atoms. The minimum absolute atomic E-state index is 0.146. The molecule has 96 valence electrons. The summed E-state index contributed by atoms with van der Waals surface area (Å²) in [6.07, 6.45) is 0.622. The Kier molecular flexibility index (Phi) is 4.51. The molecule has 0 fully saturated rings.